The number of benzene rings is 1. The first kappa shape index (κ1) is 18.1. The van der Waals surface area contributed by atoms with Gasteiger partial charge in [-0.25, -0.2) is 0 Å². The number of hydrogen-bond acceptors (Lipinski definition) is 4. The summed E-state index contributed by atoms with van der Waals surface area (Å²) in [5.41, 5.74) is 0.889. The van der Waals surface area contributed by atoms with E-state index in [1.54, 1.807) is 24.3 Å². The Labute approximate surface area is 135 Å². The molecule has 0 saturated carbocycles. The SMILES string of the molecule is CCCCC(=O)NC(=S)Nc1ccccc1C(=O)NCCO. The van der Waals surface area contributed by atoms with E-state index in [1.807, 2.05) is 6.92 Å². The molecule has 0 aliphatic carbocycles. The summed E-state index contributed by atoms with van der Waals surface area (Å²) >= 11 is 5.08. The van der Waals surface area contributed by atoms with Crippen LogP contribution in [0.1, 0.15) is 36.5 Å². The third-order valence-electron chi connectivity index (χ3n) is 2.83. The van der Waals surface area contributed by atoms with Crippen LogP contribution >= 0.6 is 12.2 Å². The van der Waals surface area contributed by atoms with Crippen LogP contribution in [0.3, 0.4) is 0 Å². The van der Waals surface area contributed by atoms with Crippen molar-refractivity contribution >= 4 is 34.8 Å². The predicted octanol–water partition coefficient (Wildman–Crippen LogP) is 1.41. The summed E-state index contributed by atoms with van der Waals surface area (Å²) in [5.74, 6) is -0.473. The molecule has 0 aliphatic heterocycles. The number of nitrogens with one attached hydrogen (secondary N) is 3. The summed E-state index contributed by atoms with van der Waals surface area (Å²) in [4.78, 5) is 23.6. The number of anilines is 1. The van der Waals surface area contributed by atoms with Gasteiger partial charge in [-0.05, 0) is 30.8 Å². The second kappa shape index (κ2) is 9.86. The van der Waals surface area contributed by atoms with Crippen LogP contribution in [0.2, 0.25) is 0 Å². The molecule has 1 rings (SSSR count). The lowest BCUT2D eigenvalue weighted by Gasteiger charge is -2.13. The van der Waals surface area contributed by atoms with Gasteiger partial charge >= 0.3 is 0 Å². The van der Waals surface area contributed by atoms with Crippen molar-refractivity contribution in [2.75, 3.05) is 18.5 Å². The van der Waals surface area contributed by atoms with Crippen molar-refractivity contribution in [3.05, 3.63) is 29.8 Å². The van der Waals surface area contributed by atoms with Crippen molar-refractivity contribution in [1.29, 1.82) is 0 Å². The average molecular weight is 323 g/mol. The molecule has 0 bridgehead atoms. The minimum atomic E-state index is -0.322. The van der Waals surface area contributed by atoms with Crippen LogP contribution in [0.4, 0.5) is 5.69 Å². The van der Waals surface area contributed by atoms with E-state index in [9.17, 15) is 9.59 Å². The van der Waals surface area contributed by atoms with E-state index in [0.717, 1.165) is 12.8 Å². The molecule has 22 heavy (non-hydrogen) atoms. The maximum atomic E-state index is 12.0. The molecular weight excluding hydrogens is 302 g/mol. The van der Waals surface area contributed by atoms with Gasteiger partial charge in [0.1, 0.15) is 0 Å². The maximum absolute atomic E-state index is 12.0. The molecule has 120 valence electrons. The predicted molar refractivity (Wildman–Crippen MR) is 89.7 cm³/mol. The number of thiocarbonyl (C=S) groups is 1. The van der Waals surface area contributed by atoms with E-state index in [-0.39, 0.29) is 30.1 Å². The Kier molecular flexibility index (Phi) is 8.09. The molecule has 1 aromatic rings. The molecule has 0 radical (unpaired) electrons. The molecule has 0 aliphatic rings. The van der Waals surface area contributed by atoms with Gasteiger partial charge < -0.3 is 21.1 Å². The highest BCUT2D eigenvalue weighted by Crippen LogP contribution is 2.14. The standard InChI is InChI=1S/C15H21N3O3S/c1-2-3-8-13(20)18-15(22)17-12-7-5-4-6-11(12)14(21)16-9-10-19/h4-7,19H,2-3,8-10H2,1H3,(H,16,21)(H2,17,18,20,22). The Morgan fingerprint density at radius 3 is 2.68 bits per heavy atom. The number of hydrogen-bond donors (Lipinski definition) is 4. The van der Waals surface area contributed by atoms with Gasteiger partial charge in [-0.15, -0.1) is 0 Å². The zero-order valence-corrected chi connectivity index (χ0v) is 13.3. The Balaban J connectivity index is 2.67. The van der Waals surface area contributed by atoms with E-state index in [4.69, 9.17) is 17.3 Å². The highest BCUT2D eigenvalue weighted by atomic mass is 32.1. The van der Waals surface area contributed by atoms with Crippen LogP contribution in [0.25, 0.3) is 0 Å². The summed E-state index contributed by atoms with van der Waals surface area (Å²) < 4.78 is 0. The van der Waals surface area contributed by atoms with Crippen LogP contribution in [0, 0.1) is 0 Å². The number of amides is 2. The Morgan fingerprint density at radius 2 is 2.00 bits per heavy atom. The molecule has 6 nitrogen and oxygen atoms in total. The highest BCUT2D eigenvalue weighted by Gasteiger charge is 2.12. The number of aliphatic hydroxyl groups is 1. The van der Waals surface area contributed by atoms with Crippen LogP contribution < -0.4 is 16.0 Å². The first-order valence-corrected chi connectivity index (χ1v) is 7.58. The lowest BCUT2D eigenvalue weighted by atomic mass is 10.1. The van der Waals surface area contributed by atoms with Crippen molar-refractivity contribution in [1.82, 2.24) is 10.6 Å². The van der Waals surface area contributed by atoms with Crippen LogP contribution in [0.15, 0.2) is 24.3 Å². The zero-order chi connectivity index (χ0) is 16.4. The highest BCUT2D eigenvalue weighted by molar-refractivity contribution is 7.80. The van der Waals surface area contributed by atoms with Crippen molar-refractivity contribution in [2.24, 2.45) is 0 Å². The summed E-state index contributed by atoms with van der Waals surface area (Å²) in [5, 5.41) is 16.9. The third kappa shape index (κ3) is 6.19. The number of rotatable bonds is 7. The first-order valence-electron chi connectivity index (χ1n) is 7.17. The van der Waals surface area contributed by atoms with Crippen molar-refractivity contribution in [3.63, 3.8) is 0 Å². The van der Waals surface area contributed by atoms with Crippen LogP contribution in [0.5, 0.6) is 0 Å². The lowest BCUT2D eigenvalue weighted by Crippen LogP contribution is -2.35. The fourth-order valence-electron chi connectivity index (χ4n) is 1.73. The summed E-state index contributed by atoms with van der Waals surface area (Å²) in [7, 11) is 0. The molecule has 2 amide bonds. The van der Waals surface area contributed by atoms with Gasteiger partial charge in [0.25, 0.3) is 5.91 Å². The van der Waals surface area contributed by atoms with Gasteiger partial charge in [0, 0.05) is 13.0 Å². The van der Waals surface area contributed by atoms with E-state index < -0.39 is 0 Å². The largest absolute Gasteiger partial charge is 0.395 e. The van der Waals surface area contributed by atoms with E-state index >= 15 is 0 Å². The quantitative estimate of drug-likeness (QED) is 0.570. The minimum absolute atomic E-state index is 0.132. The molecule has 0 aromatic heterocycles. The summed E-state index contributed by atoms with van der Waals surface area (Å²) in [6.45, 7) is 2.05. The molecular formula is C15H21N3O3S. The molecule has 7 heteroatoms. The lowest BCUT2D eigenvalue weighted by molar-refractivity contribution is -0.119. The van der Waals surface area contributed by atoms with Gasteiger partial charge in [0.2, 0.25) is 5.91 Å². The monoisotopic (exact) mass is 323 g/mol. The minimum Gasteiger partial charge on any atom is -0.395 e. The fraction of sp³-hybridized carbons (Fsp3) is 0.400. The normalized spacial score (nSPS) is 9.91. The number of aliphatic hydroxyl groups excluding tert-OH is 1. The first-order chi connectivity index (χ1) is 10.6. The van der Waals surface area contributed by atoms with E-state index in [0.29, 0.717) is 17.7 Å². The number of para-hydroxylation sites is 1. The topological polar surface area (TPSA) is 90.5 Å². The van der Waals surface area contributed by atoms with Gasteiger partial charge in [0.15, 0.2) is 5.11 Å². The van der Waals surface area contributed by atoms with E-state index in [1.165, 1.54) is 0 Å². The van der Waals surface area contributed by atoms with Gasteiger partial charge in [-0.3, -0.25) is 9.59 Å². The van der Waals surface area contributed by atoms with E-state index in [2.05, 4.69) is 16.0 Å². The second-order valence-corrected chi connectivity index (χ2v) is 5.04. The number of carbonyl (C=O) groups is 2. The molecule has 0 saturated heterocycles. The van der Waals surface area contributed by atoms with Gasteiger partial charge in [-0.2, -0.15) is 0 Å². The van der Waals surface area contributed by atoms with Crippen molar-refractivity contribution in [3.8, 4) is 0 Å². The Morgan fingerprint density at radius 1 is 1.27 bits per heavy atom. The Hall–Kier alpha value is -1.99. The molecule has 0 atom stereocenters. The average Bonchev–Trinajstić information content (AvgIpc) is 2.51. The van der Waals surface area contributed by atoms with Crippen molar-refractivity contribution < 1.29 is 14.7 Å². The molecule has 0 fully saturated rings. The Bertz CT molecular complexity index is 535. The molecule has 0 spiro atoms. The van der Waals surface area contributed by atoms with Gasteiger partial charge in [0.05, 0.1) is 17.9 Å². The zero-order valence-electron chi connectivity index (χ0n) is 12.5. The maximum Gasteiger partial charge on any atom is 0.253 e. The molecule has 4 N–H and O–H groups in total. The molecule has 0 unspecified atom stereocenters. The third-order valence-corrected chi connectivity index (χ3v) is 3.03. The fourth-order valence-corrected chi connectivity index (χ4v) is 1.96. The number of carbonyl (C=O) groups excluding carboxylic acids is 2. The molecule has 0 heterocycles. The second-order valence-electron chi connectivity index (χ2n) is 4.63. The van der Waals surface area contributed by atoms with Crippen LogP contribution in [-0.2, 0) is 4.79 Å². The summed E-state index contributed by atoms with van der Waals surface area (Å²) in [6.07, 6.45) is 2.15. The van der Waals surface area contributed by atoms with Crippen LogP contribution in [-0.4, -0.2) is 35.2 Å². The smallest absolute Gasteiger partial charge is 0.253 e. The van der Waals surface area contributed by atoms with Crippen molar-refractivity contribution in [2.45, 2.75) is 26.2 Å². The van der Waals surface area contributed by atoms with Gasteiger partial charge in [-0.1, -0.05) is 25.5 Å². The molecule has 1 aromatic carbocycles. The number of unbranched alkanes of at least 4 members (excludes halogenated alkanes) is 1. The summed E-state index contributed by atoms with van der Waals surface area (Å²) in [6, 6.07) is 6.81.